The number of hydrogen-bond acceptors (Lipinski definition) is 6. The minimum atomic E-state index is -1.40. The van der Waals surface area contributed by atoms with E-state index in [2.05, 4.69) is 0 Å². The van der Waals surface area contributed by atoms with Gasteiger partial charge >= 0.3 is 0 Å². The molecule has 0 aromatic carbocycles. The number of rotatable bonds is 1. The molecule has 0 saturated carbocycles. The largest absolute Gasteiger partial charge is 0.393 e. The fourth-order valence-electron chi connectivity index (χ4n) is 1.59. The highest BCUT2D eigenvalue weighted by molar-refractivity contribution is 5.90. The zero-order valence-electron chi connectivity index (χ0n) is 6.84. The molecule has 4 atom stereocenters. The Morgan fingerprint density at radius 1 is 1.69 bits per heavy atom. The first-order chi connectivity index (χ1) is 6.10. The van der Waals surface area contributed by atoms with Gasteiger partial charge in [0.05, 0.1) is 13.2 Å². The number of aliphatic hydroxyl groups excluding tert-OH is 2. The van der Waals surface area contributed by atoms with Crippen LogP contribution in [0.15, 0.2) is 0 Å². The summed E-state index contributed by atoms with van der Waals surface area (Å²) in [5.41, 5.74) is 4.13. The quantitative estimate of drug-likeness (QED) is 0.417. The first-order valence-corrected chi connectivity index (χ1v) is 3.98. The number of carbonyl (C=O) groups is 1. The smallest absolute Gasteiger partial charge is 0.186 e. The third-order valence-corrected chi connectivity index (χ3v) is 2.50. The Morgan fingerprint density at radius 2 is 2.38 bits per heavy atom. The summed E-state index contributed by atoms with van der Waals surface area (Å²) in [6.07, 6.45) is -2.23. The zero-order chi connectivity index (χ0) is 9.64. The van der Waals surface area contributed by atoms with Crippen LogP contribution >= 0.6 is 0 Å². The van der Waals surface area contributed by atoms with Crippen LogP contribution in [0.25, 0.3) is 0 Å². The molecule has 13 heavy (non-hydrogen) atoms. The molecule has 0 aromatic rings. The van der Waals surface area contributed by atoms with Crippen molar-refractivity contribution in [1.29, 1.82) is 0 Å². The Morgan fingerprint density at radius 3 is 3.00 bits per heavy atom. The molecule has 0 radical (unpaired) electrons. The first kappa shape index (κ1) is 9.04. The molecular formula is C7H11NO5. The van der Waals surface area contributed by atoms with Gasteiger partial charge in [0.1, 0.15) is 12.1 Å². The topological polar surface area (TPSA) is 102 Å². The highest BCUT2D eigenvalue weighted by Gasteiger charge is 2.58. The molecule has 0 aliphatic carbocycles. The van der Waals surface area contributed by atoms with Gasteiger partial charge in [0, 0.05) is 0 Å². The summed E-state index contributed by atoms with van der Waals surface area (Å²) in [6, 6.07) is -0.961. The van der Waals surface area contributed by atoms with Crippen molar-refractivity contribution >= 4 is 5.78 Å². The van der Waals surface area contributed by atoms with Crippen LogP contribution in [0.2, 0.25) is 0 Å². The van der Waals surface area contributed by atoms with Crippen molar-refractivity contribution < 1.29 is 24.5 Å². The average Bonchev–Trinajstić information content (AvgIpc) is 2.55. The fourth-order valence-corrected chi connectivity index (χ4v) is 1.59. The Balaban J connectivity index is 2.31. The Bertz CT molecular complexity index is 245. The summed E-state index contributed by atoms with van der Waals surface area (Å²) in [7, 11) is 0. The minimum Gasteiger partial charge on any atom is -0.393 e. The molecule has 74 valence electrons. The SMILES string of the molecule is N[C@H]1C(=O)C(O)C2(CO)COC1O2. The van der Waals surface area contributed by atoms with Gasteiger partial charge in [-0.2, -0.15) is 0 Å². The number of ketones is 1. The van der Waals surface area contributed by atoms with Crippen molar-refractivity contribution in [2.45, 2.75) is 24.0 Å². The summed E-state index contributed by atoms with van der Waals surface area (Å²) in [6.45, 7) is -0.460. The van der Waals surface area contributed by atoms with Crippen LogP contribution < -0.4 is 5.73 Å². The van der Waals surface area contributed by atoms with Crippen LogP contribution in [-0.4, -0.2) is 53.2 Å². The zero-order valence-corrected chi connectivity index (χ0v) is 6.84. The van der Waals surface area contributed by atoms with Gasteiger partial charge < -0.3 is 25.4 Å². The highest BCUT2D eigenvalue weighted by atomic mass is 16.7. The van der Waals surface area contributed by atoms with Gasteiger partial charge in [0.25, 0.3) is 0 Å². The molecule has 2 saturated heterocycles. The number of nitrogens with two attached hydrogens (primary N) is 1. The van der Waals surface area contributed by atoms with Crippen LogP contribution in [0.3, 0.4) is 0 Å². The third-order valence-electron chi connectivity index (χ3n) is 2.50. The number of Topliss-reactive ketones (excluding diaryl/α,β-unsaturated/α-hetero) is 1. The number of hydrogen-bond donors (Lipinski definition) is 3. The Labute approximate surface area is 74.2 Å². The third kappa shape index (κ3) is 1.04. The molecule has 2 aliphatic heterocycles. The Hall–Kier alpha value is -0.530. The normalized spacial score (nSPS) is 49.8. The van der Waals surface area contributed by atoms with E-state index in [1.54, 1.807) is 0 Å². The second-order valence-electron chi connectivity index (χ2n) is 3.35. The number of carbonyl (C=O) groups excluding carboxylic acids is 1. The van der Waals surface area contributed by atoms with E-state index in [0.717, 1.165) is 0 Å². The average molecular weight is 189 g/mol. The maximum atomic E-state index is 11.3. The van der Waals surface area contributed by atoms with Gasteiger partial charge in [-0.3, -0.25) is 4.79 Å². The van der Waals surface area contributed by atoms with E-state index in [0.29, 0.717) is 0 Å². The van der Waals surface area contributed by atoms with E-state index < -0.39 is 36.4 Å². The van der Waals surface area contributed by atoms with Gasteiger partial charge in [0.15, 0.2) is 17.7 Å². The molecule has 6 nitrogen and oxygen atoms in total. The summed E-state index contributed by atoms with van der Waals surface area (Å²) in [4.78, 5) is 11.3. The maximum Gasteiger partial charge on any atom is 0.186 e. The second kappa shape index (κ2) is 2.73. The molecule has 0 amide bonds. The van der Waals surface area contributed by atoms with Gasteiger partial charge in [-0.25, -0.2) is 0 Å². The molecule has 2 heterocycles. The molecule has 6 heteroatoms. The molecule has 2 fully saturated rings. The molecular weight excluding hydrogens is 178 g/mol. The fraction of sp³-hybridized carbons (Fsp3) is 0.857. The maximum absolute atomic E-state index is 11.3. The van der Waals surface area contributed by atoms with E-state index in [9.17, 15) is 9.90 Å². The van der Waals surface area contributed by atoms with Gasteiger partial charge in [-0.1, -0.05) is 0 Å². The predicted octanol–water partition coefficient (Wildman–Crippen LogP) is -2.64. The molecule has 3 unspecified atom stereocenters. The van der Waals surface area contributed by atoms with Crippen LogP contribution in [0, 0.1) is 0 Å². The monoisotopic (exact) mass is 189 g/mol. The number of fused-ring (bicyclic) bond motifs is 2. The second-order valence-corrected chi connectivity index (χ2v) is 3.35. The van der Waals surface area contributed by atoms with Gasteiger partial charge in [-0.05, 0) is 0 Å². The lowest BCUT2D eigenvalue weighted by Gasteiger charge is -2.35. The summed E-state index contributed by atoms with van der Waals surface area (Å²) < 4.78 is 10.2. The minimum absolute atomic E-state index is 0.00519. The molecule has 2 bridgehead atoms. The van der Waals surface area contributed by atoms with Crippen LogP contribution in [0.1, 0.15) is 0 Å². The highest BCUT2D eigenvalue weighted by Crippen LogP contribution is 2.33. The van der Waals surface area contributed by atoms with Crippen molar-refractivity contribution in [3.63, 3.8) is 0 Å². The lowest BCUT2D eigenvalue weighted by Crippen LogP contribution is -2.62. The van der Waals surface area contributed by atoms with Crippen molar-refractivity contribution in [2.24, 2.45) is 5.73 Å². The predicted molar refractivity (Wildman–Crippen MR) is 39.6 cm³/mol. The van der Waals surface area contributed by atoms with Crippen LogP contribution in [0.4, 0.5) is 0 Å². The van der Waals surface area contributed by atoms with Crippen molar-refractivity contribution in [1.82, 2.24) is 0 Å². The van der Waals surface area contributed by atoms with Gasteiger partial charge in [0.2, 0.25) is 0 Å². The summed E-state index contributed by atoms with van der Waals surface area (Å²) in [5, 5.41) is 18.5. The summed E-state index contributed by atoms with van der Waals surface area (Å²) >= 11 is 0. The van der Waals surface area contributed by atoms with Gasteiger partial charge in [-0.15, -0.1) is 0 Å². The molecule has 2 aliphatic rings. The Kier molecular flexibility index (Phi) is 1.90. The summed E-state index contributed by atoms with van der Waals surface area (Å²) in [5.74, 6) is -0.539. The van der Waals surface area contributed by atoms with Crippen molar-refractivity contribution in [3.8, 4) is 0 Å². The molecule has 4 N–H and O–H groups in total. The van der Waals surface area contributed by atoms with E-state index >= 15 is 0 Å². The standard InChI is InChI=1S/C7H11NO5/c8-3-4(10)5(11)7(1-9)2-12-6(3)13-7/h3,5-6,9,11H,1-2,8H2/t3-,5?,6?,7?/m0/s1. The van der Waals surface area contributed by atoms with Crippen molar-refractivity contribution in [2.75, 3.05) is 13.2 Å². The van der Waals surface area contributed by atoms with E-state index in [4.69, 9.17) is 20.3 Å². The molecule has 2 rings (SSSR count). The van der Waals surface area contributed by atoms with Crippen LogP contribution in [-0.2, 0) is 14.3 Å². The molecule has 0 spiro atoms. The van der Waals surface area contributed by atoms with E-state index in [-0.39, 0.29) is 6.61 Å². The lowest BCUT2D eigenvalue weighted by atomic mass is 9.90. The van der Waals surface area contributed by atoms with Crippen LogP contribution in [0.5, 0.6) is 0 Å². The van der Waals surface area contributed by atoms with E-state index in [1.807, 2.05) is 0 Å². The number of aliphatic hydroxyl groups is 2. The van der Waals surface area contributed by atoms with Crippen molar-refractivity contribution in [3.05, 3.63) is 0 Å². The lowest BCUT2D eigenvalue weighted by molar-refractivity contribution is -0.192. The molecule has 0 aromatic heterocycles. The first-order valence-electron chi connectivity index (χ1n) is 3.98. The van der Waals surface area contributed by atoms with E-state index in [1.165, 1.54) is 0 Å². The number of ether oxygens (including phenoxy) is 2.